The van der Waals surface area contributed by atoms with E-state index in [1.807, 2.05) is 67.6 Å². The molecule has 0 aromatic heterocycles. The summed E-state index contributed by atoms with van der Waals surface area (Å²) in [5, 5.41) is 2.79. The van der Waals surface area contributed by atoms with E-state index in [0.29, 0.717) is 19.3 Å². The predicted octanol–water partition coefficient (Wildman–Crippen LogP) is 2.47. The number of hydrogen-bond donors (Lipinski definition) is 2. The van der Waals surface area contributed by atoms with Crippen molar-refractivity contribution in [2.75, 3.05) is 0 Å². The van der Waals surface area contributed by atoms with E-state index >= 15 is 0 Å². The Bertz CT molecular complexity index is 656. The van der Waals surface area contributed by atoms with Crippen molar-refractivity contribution < 1.29 is 9.59 Å². The summed E-state index contributed by atoms with van der Waals surface area (Å²) in [5.41, 5.74) is 7.67. The number of benzene rings is 2. The lowest BCUT2D eigenvalue weighted by molar-refractivity contribution is -0.129. The lowest BCUT2D eigenvalue weighted by atomic mass is 9.99. The van der Waals surface area contributed by atoms with Crippen LogP contribution in [-0.2, 0) is 22.4 Å². The van der Waals surface area contributed by atoms with Crippen LogP contribution in [0.4, 0.5) is 0 Å². The Morgan fingerprint density at radius 2 is 1.50 bits per heavy atom. The summed E-state index contributed by atoms with van der Waals surface area (Å²) in [4.78, 5) is 24.0. The molecule has 0 heterocycles. The summed E-state index contributed by atoms with van der Waals surface area (Å²) in [5.74, 6) is -0.854. The summed E-state index contributed by atoms with van der Waals surface area (Å²) in [6, 6.07) is 19.0. The maximum absolute atomic E-state index is 12.4. The fraction of sp³-hybridized carbons (Fsp3) is 0.300. The number of aryl methyl sites for hydroxylation is 1. The monoisotopic (exact) mass is 324 g/mol. The van der Waals surface area contributed by atoms with Crippen LogP contribution in [0.2, 0.25) is 0 Å². The minimum atomic E-state index is -0.643. The van der Waals surface area contributed by atoms with Crippen molar-refractivity contribution in [3.63, 3.8) is 0 Å². The highest BCUT2D eigenvalue weighted by Gasteiger charge is 2.21. The van der Waals surface area contributed by atoms with Crippen molar-refractivity contribution >= 4 is 11.8 Å². The van der Waals surface area contributed by atoms with Crippen LogP contribution in [0.1, 0.15) is 24.5 Å². The van der Waals surface area contributed by atoms with E-state index in [-0.39, 0.29) is 11.8 Å². The third-order valence-electron chi connectivity index (χ3n) is 4.06. The molecule has 0 aliphatic heterocycles. The van der Waals surface area contributed by atoms with Gasteiger partial charge in [-0.15, -0.1) is 0 Å². The smallest absolute Gasteiger partial charge is 0.240 e. The Hall–Kier alpha value is -2.62. The van der Waals surface area contributed by atoms with E-state index in [4.69, 9.17) is 5.73 Å². The predicted molar refractivity (Wildman–Crippen MR) is 95.2 cm³/mol. The summed E-state index contributed by atoms with van der Waals surface area (Å²) in [6.45, 7) is 1.86. The number of nitrogens with one attached hydrogen (secondary N) is 1. The molecule has 4 heteroatoms. The van der Waals surface area contributed by atoms with Crippen LogP contribution in [0, 0.1) is 5.92 Å². The molecular formula is C20H24N2O2. The van der Waals surface area contributed by atoms with Crippen LogP contribution in [0.5, 0.6) is 0 Å². The average molecular weight is 324 g/mol. The van der Waals surface area contributed by atoms with E-state index in [0.717, 1.165) is 11.1 Å². The average Bonchev–Trinajstić information content (AvgIpc) is 2.59. The number of carbonyl (C=O) groups excluding carboxylic acids is 2. The van der Waals surface area contributed by atoms with Gasteiger partial charge >= 0.3 is 0 Å². The molecule has 126 valence electrons. The minimum absolute atomic E-state index is 0.143. The zero-order chi connectivity index (χ0) is 17.4. The van der Waals surface area contributed by atoms with Crippen molar-refractivity contribution in [3.8, 4) is 0 Å². The van der Waals surface area contributed by atoms with Gasteiger partial charge < -0.3 is 11.1 Å². The molecule has 0 fully saturated rings. The zero-order valence-corrected chi connectivity index (χ0v) is 13.9. The fourth-order valence-corrected chi connectivity index (χ4v) is 2.62. The number of rotatable bonds is 8. The van der Waals surface area contributed by atoms with Crippen molar-refractivity contribution in [3.05, 3.63) is 71.8 Å². The zero-order valence-electron chi connectivity index (χ0n) is 13.9. The van der Waals surface area contributed by atoms with Gasteiger partial charge in [-0.25, -0.2) is 0 Å². The van der Waals surface area contributed by atoms with Gasteiger partial charge in [0.05, 0.1) is 0 Å². The molecule has 2 amide bonds. The molecule has 0 aliphatic rings. The minimum Gasteiger partial charge on any atom is -0.368 e. The van der Waals surface area contributed by atoms with E-state index < -0.39 is 11.9 Å². The highest BCUT2D eigenvalue weighted by Crippen LogP contribution is 2.10. The second-order valence-corrected chi connectivity index (χ2v) is 6.08. The molecule has 2 atom stereocenters. The molecule has 3 N–H and O–H groups in total. The maximum Gasteiger partial charge on any atom is 0.240 e. The second kappa shape index (κ2) is 8.87. The lowest BCUT2D eigenvalue weighted by Gasteiger charge is -2.19. The Kier molecular flexibility index (Phi) is 6.55. The number of amides is 2. The van der Waals surface area contributed by atoms with E-state index in [1.54, 1.807) is 0 Å². The molecule has 2 aromatic carbocycles. The van der Waals surface area contributed by atoms with E-state index in [9.17, 15) is 9.59 Å². The molecule has 0 saturated heterocycles. The topological polar surface area (TPSA) is 72.2 Å². The molecule has 0 radical (unpaired) electrons. The summed E-state index contributed by atoms with van der Waals surface area (Å²) in [6.07, 6.45) is 1.84. The first kappa shape index (κ1) is 17.7. The summed E-state index contributed by atoms with van der Waals surface area (Å²) in [7, 11) is 0. The van der Waals surface area contributed by atoms with Gasteiger partial charge in [0.15, 0.2) is 0 Å². The van der Waals surface area contributed by atoms with Crippen molar-refractivity contribution in [1.82, 2.24) is 5.32 Å². The van der Waals surface area contributed by atoms with Crippen LogP contribution in [-0.4, -0.2) is 17.9 Å². The Labute approximate surface area is 143 Å². The quantitative estimate of drug-likeness (QED) is 0.783. The van der Waals surface area contributed by atoms with Gasteiger partial charge in [0, 0.05) is 5.92 Å². The number of nitrogens with two attached hydrogens (primary N) is 1. The van der Waals surface area contributed by atoms with Crippen LogP contribution in [0.25, 0.3) is 0 Å². The van der Waals surface area contributed by atoms with Crippen molar-refractivity contribution in [2.24, 2.45) is 11.7 Å². The van der Waals surface area contributed by atoms with Crippen LogP contribution in [0.15, 0.2) is 60.7 Å². The number of hydrogen-bond acceptors (Lipinski definition) is 2. The molecule has 2 aromatic rings. The van der Waals surface area contributed by atoms with Crippen molar-refractivity contribution in [2.45, 2.75) is 32.2 Å². The molecular weight excluding hydrogens is 300 g/mol. The fourth-order valence-electron chi connectivity index (χ4n) is 2.62. The third kappa shape index (κ3) is 5.54. The first-order chi connectivity index (χ1) is 11.6. The standard InChI is InChI=1S/C20H24N2O2/c1-15(14-17-10-6-3-7-11-17)20(24)22-18(19(21)23)13-12-16-8-4-2-5-9-16/h2-11,15,18H,12-14H2,1H3,(H2,21,23)(H,22,24)/t15-,18-/m0/s1. The van der Waals surface area contributed by atoms with Crippen LogP contribution in [0.3, 0.4) is 0 Å². The normalized spacial score (nSPS) is 13.0. The maximum atomic E-state index is 12.4. The van der Waals surface area contributed by atoms with Gasteiger partial charge in [0.1, 0.15) is 6.04 Å². The summed E-state index contributed by atoms with van der Waals surface area (Å²) >= 11 is 0. The Morgan fingerprint density at radius 1 is 0.958 bits per heavy atom. The molecule has 0 saturated carbocycles. The van der Waals surface area contributed by atoms with Gasteiger partial charge in [-0.1, -0.05) is 67.6 Å². The van der Waals surface area contributed by atoms with Gasteiger partial charge in [-0.05, 0) is 30.4 Å². The molecule has 0 spiro atoms. The van der Waals surface area contributed by atoms with Gasteiger partial charge in [0.2, 0.25) is 11.8 Å². The third-order valence-corrected chi connectivity index (χ3v) is 4.06. The molecule has 0 unspecified atom stereocenters. The van der Waals surface area contributed by atoms with Crippen molar-refractivity contribution in [1.29, 1.82) is 0 Å². The molecule has 4 nitrogen and oxygen atoms in total. The summed E-state index contributed by atoms with van der Waals surface area (Å²) < 4.78 is 0. The Balaban J connectivity index is 1.89. The number of carbonyl (C=O) groups is 2. The largest absolute Gasteiger partial charge is 0.368 e. The van der Waals surface area contributed by atoms with E-state index in [1.165, 1.54) is 0 Å². The SMILES string of the molecule is C[C@@H](Cc1ccccc1)C(=O)N[C@@H](CCc1ccccc1)C(N)=O. The first-order valence-corrected chi connectivity index (χ1v) is 8.24. The van der Waals surface area contributed by atoms with Crippen LogP contribution >= 0.6 is 0 Å². The molecule has 0 bridgehead atoms. The first-order valence-electron chi connectivity index (χ1n) is 8.24. The molecule has 2 rings (SSSR count). The van der Waals surface area contributed by atoms with Crippen LogP contribution < -0.4 is 11.1 Å². The van der Waals surface area contributed by atoms with Gasteiger partial charge in [-0.2, -0.15) is 0 Å². The Morgan fingerprint density at radius 3 is 2.04 bits per heavy atom. The number of primary amides is 1. The van der Waals surface area contributed by atoms with Gasteiger partial charge in [-0.3, -0.25) is 9.59 Å². The molecule has 0 aliphatic carbocycles. The highest BCUT2D eigenvalue weighted by atomic mass is 16.2. The molecule has 24 heavy (non-hydrogen) atoms. The highest BCUT2D eigenvalue weighted by molar-refractivity contribution is 5.87. The van der Waals surface area contributed by atoms with E-state index in [2.05, 4.69) is 5.32 Å². The van der Waals surface area contributed by atoms with Gasteiger partial charge in [0.25, 0.3) is 0 Å². The second-order valence-electron chi connectivity index (χ2n) is 6.08. The lowest BCUT2D eigenvalue weighted by Crippen LogP contribution is -2.46.